The predicted molar refractivity (Wildman–Crippen MR) is 72.7 cm³/mol. The molecule has 1 fully saturated rings. The van der Waals surface area contributed by atoms with Crippen LogP contribution in [0.15, 0.2) is 24.3 Å². The molecule has 2 aromatic rings. The summed E-state index contributed by atoms with van der Waals surface area (Å²) in [6.45, 7) is 1.48. The Hall–Kier alpha value is -1.36. The highest BCUT2D eigenvalue weighted by Crippen LogP contribution is 2.33. The van der Waals surface area contributed by atoms with Crippen LogP contribution in [0.25, 0.3) is 10.9 Å². The molecule has 1 unspecified atom stereocenters. The van der Waals surface area contributed by atoms with E-state index in [0.29, 0.717) is 17.5 Å². The topological polar surface area (TPSA) is 60.2 Å². The molecule has 3 N–H and O–H groups in total. The van der Waals surface area contributed by atoms with Crippen molar-refractivity contribution in [2.45, 2.75) is 12.3 Å². The molecule has 1 atom stereocenters. The van der Waals surface area contributed by atoms with Crippen molar-refractivity contribution in [2.75, 3.05) is 18.6 Å². The highest BCUT2D eigenvalue weighted by atomic mass is 35.5. The van der Waals surface area contributed by atoms with Gasteiger partial charge in [0.15, 0.2) is 0 Å². The molecule has 0 amide bonds. The van der Waals surface area contributed by atoms with E-state index in [1.807, 2.05) is 24.3 Å². The Morgan fingerprint density at radius 2 is 2.33 bits per heavy atom. The number of halogens is 1. The minimum atomic E-state index is 0.305. The predicted octanol–water partition coefficient (Wildman–Crippen LogP) is 2.68. The van der Waals surface area contributed by atoms with Gasteiger partial charge in [-0.1, -0.05) is 17.7 Å². The maximum Gasteiger partial charge on any atom is 0.0722 e. The Morgan fingerprint density at radius 1 is 1.44 bits per heavy atom. The summed E-state index contributed by atoms with van der Waals surface area (Å²) in [6, 6.07) is 7.67. The van der Waals surface area contributed by atoms with Gasteiger partial charge in [0.05, 0.1) is 28.5 Å². The van der Waals surface area contributed by atoms with Crippen LogP contribution in [0, 0.1) is 0 Å². The number of aromatic nitrogens is 1. The number of nitrogen functional groups attached to an aromatic ring is 1. The molecule has 3 rings (SSSR count). The number of hydrogen-bond donors (Lipinski definition) is 2. The van der Waals surface area contributed by atoms with Crippen LogP contribution >= 0.6 is 11.6 Å². The number of nitrogens with one attached hydrogen (secondary N) is 1. The highest BCUT2D eigenvalue weighted by Gasteiger charge is 2.22. The molecule has 0 bridgehead atoms. The summed E-state index contributed by atoms with van der Waals surface area (Å²) in [5.41, 5.74) is 5.40. The fraction of sp³-hybridized carbons (Fsp3) is 0.308. The van der Waals surface area contributed by atoms with E-state index < -0.39 is 0 Å². The Morgan fingerprint density at radius 3 is 3.06 bits per heavy atom. The molecule has 1 aliphatic rings. The van der Waals surface area contributed by atoms with Crippen molar-refractivity contribution in [2.24, 2.45) is 5.84 Å². The van der Waals surface area contributed by atoms with Crippen LogP contribution in [0.2, 0.25) is 5.02 Å². The lowest BCUT2D eigenvalue weighted by molar-refractivity contribution is 0.193. The second-order valence-electron chi connectivity index (χ2n) is 4.43. The van der Waals surface area contributed by atoms with Gasteiger partial charge in [-0.3, -0.25) is 10.8 Å². The lowest BCUT2D eigenvalue weighted by Crippen LogP contribution is -2.13. The number of fused-ring (bicyclic) bond motifs is 1. The smallest absolute Gasteiger partial charge is 0.0722 e. The molecule has 4 nitrogen and oxygen atoms in total. The normalized spacial score (nSPS) is 19.3. The zero-order chi connectivity index (χ0) is 12.5. The van der Waals surface area contributed by atoms with Crippen molar-refractivity contribution in [1.82, 2.24) is 4.98 Å². The van der Waals surface area contributed by atoms with E-state index in [0.717, 1.165) is 35.3 Å². The molecular formula is C13H14ClN3O. The van der Waals surface area contributed by atoms with Gasteiger partial charge in [0, 0.05) is 17.9 Å². The molecule has 0 aliphatic carbocycles. The van der Waals surface area contributed by atoms with Crippen LogP contribution in [0.1, 0.15) is 18.0 Å². The summed E-state index contributed by atoms with van der Waals surface area (Å²) in [5.74, 6) is 5.89. The second kappa shape index (κ2) is 4.72. The van der Waals surface area contributed by atoms with Crippen LogP contribution < -0.4 is 11.3 Å². The Balaban J connectivity index is 2.18. The minimum Gasteiger partial charge on any atom is -0.381 e. The number of rotatable bonds is 2. The van der Waals surface area contributed by atoms with Crippen molar-refractivity contribution in [3.05, 3.63) is 35.0 Å². The van der Waals surface area contributed by atoms with Crippen LogP contribution in [0.4, 0.5) is 5.69 Å². The van der Waals surface area contributed by atoms with E-state index in [1.54, 1.807) is 0 Å². The fourth-order valence-electron chi connectivity index (χ4n) is 2.35. The van der Waals surface area contributed by atoms with Gasteiger partial charge in [0.2, 0.25) is 0 Å². The number of pyridine rings is 1. The first-order valence-electron chi connectivity index (χ1n) is 5.93. The summed E-state index contributed by atoms with van der Waals surface area (Å²) >= 11 is 6.16. The lowest BCUT2D eigenvalue weighted by Gasteiger charge is -2.14. The average molecular weight is 264 g/mol. The SMILES string of the molecule is NNc1cc2c(Cl)cccc2nc1C1CCOC1. The molecule has 1 saturated heterocycles. The molecule has 0 radical (unpaired) electrons. The second-order valence-corrected chi connectivity index (χ2v) is 4.84. The van der Waals surface area contributed by atoms with Gasteiger partial charge in [-0.2, -0.15) is 0 Å². The fourth-order valence-corrected chi connectivity index (χ4v) is 2.58. The summed E-state index contributed by atoms with van der Waals surface area (Å²) < 4.78 is 5.41. The number of hydrazine groups is 1. The maximum atomic E-state index is 6.16. The Bertz CT molecular complexity index is 582. The molecular weight excluding hydrogens is 250 g/mol. The highest BCUT2D eigenvalue weighted by molar-refractivity contribution is 6.35. The monoisotopic (exact) mass is 263 g/mol. The lowest BCUT2D eigenvalue weighted by atomic mass is 10.0. The summed E-state index contributed by atoms with van der Waals surface area (Å²) in [5, 5.41) is 1.60. The van der Waals surface area contributed by atoms with E-state index in [1.165, 1.54) is 0 Å². The minimum absolute atomic E-state index is 0.305. The third kappa shape index (κ3) is 1.92. The molecule has 18 heavy (non-hydrogen) atoms. The van der Waals surface area contributed by atoms with Crippen molar-refractivity contribution in [3.8, 4) is 0 Å². The van der Waals surface area contributed by atoms with Crippen LogP contribution in [0.3, 0.4) is 0 Å². The van der Waals surface area contributed by atoms with Crippen LogP contribution in [0.5, 0.6) is 0 Å². The number of nitrogens with zero attached hydrogens (tertiary/aromatic N) is 1. The van der Waals surface area contributed by atoms with Gasteiger partial charge >= 0.3 is 0 Å². The number of benzene rings is 1. The van der Waals surface area contributed by atoms with Gasteiger partial charge in [-0.15, -0.1) is 0 Å². The first kappa shape index (κ1) is 11.7. The standard InChI is InChI=1S/C13H14ClN3O/c14-10-2-1-3-11-9(10)6-12(17-15)13(16-11)8-4-5-18-7-8/h1-3,6,8,17H,4-5,7,15H2. The number of hydrogen-bond acceptors (Lipinski definition) is 4. The zero-order valence-electron chi connectivity index (χ0n) is 9.82. The molecule has 1 aromatic carbocycles. The van der Waals surface area contributed by atoms with Gasteiger partial charge in [0.25, 0.3) is 0 Å². The summed E-state index contributed by atoms with van der Waals surface area (Å²) in [7, 11) is 0. The number of anilines is 1. The molecule has 94 valence electrons. The third-order valence-electron chi connectivity index (χ3n) is 3.31. The molecule has 0 saturated carbocycles. The first-order chi connectivity index (χ1) is 8.79. The van der Waals surface area contributed by atoms with Gasteiger partial charge < -0.3 is 10.2 Å². The third-order valence-corrected chi connectivity index (χ3v) is 3.64. The Kier molecular flexibility index (Phi) is 3.07. The molecule has 2 heterocycles. The summed E-state index contributed by atoms with van der Waals surface area (Å²) in [6.07, 6.45) is 0.980. The quantitative estimate of drug-likeness (QED) is 0.646. The van der Waals surface area contributed by atoms with Gasteiger partial charge in [-0.25, -0.2) is 0 Å². The molecule has 0 spiro atoms. The van der Waals surface area contributed by atoms with E-state index >= 15 is 0 Å². The molecule has 5 heteroatoms. The average Bonchev–Trinajstić information content (AvgIpc) is 2.91. The maximum absolute atomic E-state index is 6.16. The number of nitrogens with two attached hydrogens (primary N) is 1. The Labute approximate surface area is 110 Å². The molecule has 1 aromatic heterocycles. The number of ether oxygens (including phenoxy) is 1. The summed E-state index contributed by atoms with van der Waals surface area (Å²) in [4.78, 5) is 4.68. The van der Waals surface area contributed by atoms with Crippen LogP contribution in [-0.2, 0) is 4.74 Å². The van der Waals surface area contributed by atoms with Crippen LogP contribution in [-0.4, -0.2) is 18.2 Å². The van der Waals surface area contributed by atoms with E-state index in [4.69, 9.17) is 22.2 Å². The van der Waals surface area contributed by atoms with Gasteiger partial charge in [0.1, 0.15) is 0 Å². The van der Waals surface area contributed by atoms with Gasteiger partial charge in [-0.05, 0) is 24.6 Å². The zero-order valence-corrected chi connectivity index (χ0v) is 10.6. The van der Waals surface area contributed by atoms with Crippen molar-refractivity contribution in [1.29, 1.82) is 0 Å². The molecule has 1 aliphatic heterocycles. The largest absolute Gasteiger partial charge is 0.381 e. The van der Waals surface area contributed by atoms with E-state index in [2.05, 4.69) is 10.4 Å². The van der Waals surface area contributed by atoms with E-state index in [-0.39, 0.29) is 0 Å². The van der Waals surface area contributed by atoms with E-state index in [9.17, 15) is 0 Å². The first-order valence-corrected chi connectivity index (χ1v) is 6.31. The van der Waals surface area contributed by atoms with Crippen molar-refractivity contribution in [3.63, 3.8) is 0 Å². The van der Waals surface area contributed by atoms with Crippen molar-refractivity contribution >= 4 is 28.2 Å². The van der Waals surface area contributed by atoms with Crippen molar-refractivity contribution < 1.29 is 4.74 Å².